The van der Waals surface area contributed by atoms with Crippen molar-refractivity contribution in [2.75, 3.05) is 12.0 Å². The number of hydrogen-bond donors (Lipinski definition) is 1. The van der Waals surface area contributed by atoms with Gasteiger partial charge in [0.2, 0.25) is 0 Å². The largest absolute Gasteiger partial charge is 0.384 e. The van der Waals surface area contributed by atoms with Crippen LogP contribution in [0.4, 0.5) is 5.82 Å². The summed E-state index contributed by atoms with van der Waals surface area (Å²) in [5, 5.41) is 0.734. The van der Waals surface area contributed by atoms with Gasteiger partial charge in [0, 0.05) is 11.8 Å². The van der Waals surface area contributed by atoms with Gasteiger partial charge >= 0.3 is 0 Å². The Morgan fingerprint density at radius 2 is 1.92 bits per heavy atom. The molecule has 0 atom stereocenters. The number of hydrogen-bond acceptors (Lipinski definition) is 4. The molecule has 0 spiro atoms. The first-order valence-corrected chi connectivity index (χ1v) is 5.10. The van der Waals surface area contributed by atoms with Crippen molar-refractivity contribution in [2.24, 2.45) is 0 Å². The van der Waals surface area contributed by atoms with Crippen LogP contribution in [0.3, 0.4) is 0 Å². The lowest BCUT2D eigenvalue weighted by Gasteiger charge is -1.97. The van der Waals surface area contributed by atoms with Gasteiger partial charge in [0.15, 0.2) is 5.16 Å². The summed E-state index contributed by atoms with van der Waals surface area (Å²) in [6.45, 7) is 5.90. The van der Waals surface area contributed by atoms with Crippen LogP contribution in [-0.2, 0) is 0 Å². The van der Waals surface area contributed by atoms with E-state index in [1.807, 2.05) is 27.0 Å². The summed E-state index contributed by atoms with van der Waals surface area (Å²) in [4.78, 5) is 8.11. The first-order chi connectivity index (χ1) is 5.72. The van der Waals surface area contributed by atoms with Crippen molar-refractivity contribution in [3.8, 4) is 0 Å². The fourth-order valence-corrected chi connectivity index (χ4v) is 1.09. The van der Waals surface area contributed by atoms with E-state index in [2.05, 4.69) is 9.97 Å². The van der Waals surface area contributed by atoms with Crippen LogP contribution in [0.5, 0.6) is 0 Å². The zero-order valence-corrected chi connectivity index (χ0v) is 8.77. The highest BCUT2D eigenvalue weighted by Gasteiger charge is 1.95. The van der Waals surface area contributed by atoms with Crippen molar-refractivity contribution in [2.45, 2.75) is 25.9 Å². The first-order valence-electron chi connectivity index (χ1n) is 3.87. The highest BCUT2D eigenvalue weighted by molar-refractivity contribution is 7.98. The van der Waals surface area contributed by atoms with E-state index in [-0.39, 0.29) is 0 Å². The molecule has 0 radical (unpaired) electrons. The van der Waals surface area contributed by atoms with E-state index in [1.165, 1.54) is 11.8 Å². The smallest absolute Gasteiger partial charge is 0.189 e. The Bertz CT molecular complexity index is 217. The zero-order valence-electron chi connectivity index (χ0n) is 7.96. The van der Waals surface area contributed by atoms with Crippen molar-refractivity contribution < 1.29 is 0 Å². The van der Waals surface area contributed by atoms with Gasteiger partial charge in [0.05, 0.1) is 0 Å². The van der Waals surface area contributed by atoms with E-state index in [0.29, 0.717) is 5.82 Å². The Morgan fingerprint density at radius 1 is 1.33 bits per heavy atom. The Balaban J connectivity index is 0.000000561. The molecule has 0 unspecified atom stereocenters. The number of rotatable bonds is 1. The van der Waals surface area contributed by atoms with Crippen LogP contribution < -0.4 is 5.73 Å². The second kappa shape index (κ2) is 5.83. The van der Waals surface area contributed by atoms with E-state index in [4.69, 9.17) is 5.73 Å². The van der Waals surface area contributed by atoms with Crippen molar-refractivity contribution in [1.82, 2.24) is 9.97 Å². The van der Waals surface area contributed by atoms with Gasteiger partial charge in [-0.05, 0) is 13.2 Å². The molecule has 0 amide bonds. The maximum atomic E-state index is 5.47. The molecular weight excluding hydrogens is 170 g/mol. The lowest BCUT2D eigenvalue weighted by molar-refractivity contribution is 0.943. The molecule has 3 nitrogen and oxygen atoms in total. The van der Waals surface area contributed by atoms with Crippen LogP contribution in [0, 0.1) is 6.92 Å². The van der Waals surface area contributed by atoms with Crippen LogP contribution in [0.15, 0.2) is 11.2 Å². The molecule has 0 saturated heterocycles. The summed E-state index contributed by atoms with van der Waals surface area (Å²) < 4.78 is 0. The van der Waals surface area contributed by atoms with Crippen LogP contribution in [0.25, 0.3) is 0 Å². The fourth-order valence-electron chi connectivity index (χ4n) is 0.656. The van der Waals surface area contributed by atoms with Crippen molar-refractivity contribution >= 4 is 17.6 Å². The predicted molar refractivity (Wildman–Crippen MR) is 54.3 cm³/mol. The second-order valence-electron chi connectivity index (χ2n) is 1.92. The number of aryl methyl sites for hydroxylation is 1. The zero-order chi connectivity index (χ0) is 9.56. The van der Waals surface area contributed by atoms with E-state index >= 15 is 0 Å². The lowest BCUT2D eigenvalue weighted by Crippen LogP contribution is -1.95. The molecular formula is C8H15N3S. The van der Waals surface area contributed by atoms with Gasteiger partial charge in [0.1, 0.15) is 5.82 Å². The molecule has 1 rings (SSSR count). The molecule has 1 aromatic rings. The SMILES string of the molecule is CC.CSc1nc(C)cc(N)n1. The Morgan fingerprint density at radius 3 is 2.33 bits per heavy atom. The standard InChI is InChI=1S/C6H9N3S.C2H6/c1-4-3-5(7)9-6(8-4)10-2;1-2/h3H,1-2H3,(H2,7,8,9);1-2H3. The summed E-state index contributed by atoms with van der Waals surface area (Å²) in [6.07, 6.45) is 1.92. The minimum absolute atomic E-state index is 0.539. The summed E-state index contributed by atoms with van der Waals surface area (Å²) in [6, 6.07) is 1.75. The number of nitrogens with zero attached hydrogens (tertiary/aromatic N) is 2. The Kier molecular flexibility index (Phi) is 5.45. The molecule has 0 bridgehead atoms. The summed E-state index contributed by atoms with van der Waals surface area (Å²) in [5.74, 6) is 0.539. The number of thioether (sulfide) groups is 1. The monoisotopic (exact) mass is 185 g/mol. The normalized spacial score (nSPS) is 8.67. The fraction of sp³-hybridized carbons (Fsp3) is 0.500. The lowest BCUT2D eigenvalue weighted by atomic mass is 10.4. The van der Waals surface area contributed by atoms with Crippen molar-refractivity contribution in [3.05, 3.63) is 11.8 Å². The molecule has 0 saturated carbocycles. The van der Waals surface area contributed by atoms with Gasteiger partial charge in [-0.1, -0.05) is 25.6 Å². The third-order valence-corrected chi connectivity index (χ3v) is 1.58. The molecule has 1 heterocycles. The van der Waals surface area contributed by atoms with Crippen LogP contribution in [0.2, 0.25) is 0 Å². The molecule has 1 aromatic heterocycles. The van der Waals surface area contributed by atoms with Crippen LogP contribution in [0.1, 0.15) is 19.5 Å². The second-order valence-corrected chi connectivity index (χ2v) is 2.69. The predicted octanol–water partition coefficient (Wildman–Crippen LogP) is 2.12. The maximum absolute atomic E-state index is 5.47. The molecule has 0 aliphatic carbocycles. The quantitative estimate of drug-likeness (QED) is 0.538. The van der Waals surface area contributed by atoms with Gasteiger partial charge in [-0.3, -0.25) is 0 Å². The average molecular weight is 185 g/mol. The summed E-state index contributed by atoms with van der Waals surface area (Å²) in [5.41, 5.74) is 6.38. The number of aromatic nitrogens is 2. The third-order valence-electron chi connectivity index (χ3n) is 1.04. The molecule has 0 fully saturated rings. The van der Waals surface area contributed by atoms with Crippen LogP contribution >= 0.6 is 11.8 Å². The third kappa shape index (κ3) is 3.57. The molecule has 12 heavy (non-hydrogen) atoms. The van der Waals surface area contributed by atoms with E-state index < -0.39 is 0 Å². The van der Waals surface area contributed by atoms with E-state index in [9.17, 15) is 0 Å². The molecule has 68 valence electrons. The topological polar surface area (TPSA) is 51.8 Å². The van der Waals surface area contributed by atoms with Gasteiger partial charge in [-0.2, -0.15) is 0 Å². The first kappa shape index (κ1) is 11.2. The van der Waals surface area contributed by atoms with Gasteiger partial charge in [0.25, 0.3) is 0 Å². The van der Waals surface area contributed by atoms with E-state index in [0.717, 1.165) is 10.9 Å². The molecule has 0 aliphatic rings. The minimum Gasteiger partial charge on any atom is -0.384 e. The Labute approximate surface area is 77.8 Å². The minimum atomic E-state index is 0.539. The molecule has 4 heteroatoms. The highest BCUT2D eigenvalue weighted by atomic mass is 32.2. The average Bonchev–Trinajstić information content (AvgIpc) is 2.06. The van der Waals surface area contributed by atoms with E-state index in [1.54, 1.807) is 6.07 Å². The summed E-state index contributed by atoms with van der Waals surface area (Å²) in [7, 11) is 0. The van der Waals surface area contributed by atoms with Crippen LogP contribution in [-0.4, -0.2) is 16.2 Å². The van der Waals surface area contributed by atoms with Gasteiger partial charge < -0.3 is 5.73 Å². The number of nitrogens with two attached hydrogens (primary N) is 1. The maximum Gasteiger partial charge on any atom is 0.189 e. The van der Waals surface area contributed by atoms with Crippen molar-refractivity contribution in [3.63, 3.8) is 0 Å². The number of anilines is 1. The van der Waals surface area contributed by atoms with Gasteiger partial charge in [-0.25, -0.2) is 9.97 Å². The molecule has 2 N–H and O–H groups in total. The van der Waals surface area contributed by atoms with Crippen molar-refractivity contribution in [1.29, 1.82) is 0 Å². The van der Waals surface area contributed by atoms with Gasteiger partial charge in [-0.15, -0.1) is 0 Å². The highest BCUT2D eigenvalue weighted by Crippen LogP contribution is 2.10. The molecule has 0 aromatic carbocycles. The number of nitrogen functional groups attached to an aromatic ring is 1. The Hall–Kier alpha value is -0.770. The summed E-state index contributed by atoms with van der Waals surface area (Å²) >= 11 is 1.49. The molecule has 0 aliphatic heterocycles.